The molecule has 0 bridgehead atoms. The quantitative estimate of drug-likeness (QED) is 0.796. The molecule has 1 heterocycles. The standard InChI is InChI=1S/C16H28N2O2/c1-5-8-17(9-6-2)12-14-16(20)15(19)11-13(4)18(14)10-7-3/h11,20H,5-10,12H2,1-4H3. The van der Waals surface area contributed by atoms with Crippen molar-refractivity contribution >= 4 is 0 Å². The molecule has 0 aliphatic carbocycles. The Balaban J connectivity index is 3.16. The van der Waals surface area contributed by atoms with Crippen molar-refractivity contribution in [1.29, 1.82) is 0 Å². The van der Waals surface area contributed by atoms with Crippen molar-refractivity contribution in [2.24, 2.45) is 0 Å². The molecule has 0 radical (unpaired) electrons. The van der Waals surface area contributed by atoms with E-state index >= 15 is 0 Å². The maximum Gasteiger partial charge on any atom is 0.223 e. The van der Waals surface area contributed by atoms with Gasteiger partial charge < -0.3 is 9.67 Å². The monoisotopic (exact) mass is 280 g/mol. The van der Waals surface area contributed by atoms with Gasteiger partial charge in [0.2, 0.25) is 5.43 Å². The first-order chi connectivity index (χ1) is 9.54. The number of aryl methyl sites for hydroxylation is 1. The molecule has 1 aromatic heterocycles. The molecule has 1 rings (SSSR count). The van der Waals surface area contributed by atoms with Crippen LogP contribution < -0.4 is 5.43 Å². The third-order valence-electron chi connectivity index (χ3n) is 3.50. The second-order valence-electron chi connectivity index (χ2n) is 5.37. The Morgan fingerprint density at radius 2 is 1.75 bits per heavy atom. The van der Waals surface area contributed by atoms with Crippen molar-refractivity contribution < 1.29 is 5.11 Å². The summed E-state index contributed by atoms with van der Waals surface area (Å²) in [7, 11) is 0. The second-order valence-corrected chi connectivity index (χ2v) is 5.37. The fraction of sp³-hybridized carbons (Fsp3) is 0.688. The normalized spacial score (nSPS) is 11.2. The predicted molar refractivity (Wildman–Crippen MR) is 83.3 cm³/mol. The molecule has 0 spiro atoms. The van der Waals surface area contributed by atoms with Crippen LogP contribution in [-0.2, 0) is 13.1 Å². The third kappa shape index (κ3) is 4.10. The molecule has 0 aliphatic rings. The molecule has 4 heteroatoms. The fourth-order valence-corrected chi connectivity index (χ4v) is 2.63. The Kier molecular flexibility index (Phi) is 6.79. The lowest BCUT2D eigenvalue weighted by molar-refractivity contribution is 0.253. The van der Waals surface area contributed by atoms with E-state index < -0.39 is 0 Å². The minimum atomic E-state index is -0.266. The molecule has 0 saturated carbocycles. The second kappa shape index (κ2) is 8.10. The highest BCUT2D eigenvalue weighted by molar-refractivity contribution is 5.29. The molecule has 1 N–H and O–H groups in total. The van der Waals surface area contributed by atoms with Gasteiger partial charge in [-0.1, -0.05) is 20.8 Å². The predicted octanol–water partition coefficient (Wildman–Crippen LogP) is 2.89. The molecule has 4 nitrogen and oxygen atoms in total. The lowest BCUT2D eigenvalue weighted by Crippen LogP contribution is -2.28. The van der Waals surface area contributed by atoms with E-state index in [2.05, 4.69) is 30.2 Å². The van der Waals surface area contributed by atoms with Crippen LogP contribution in [0.25, 0.3) is 0 Å². The molecule has 20 heavy (non-hydrogen) atoms. The number of hydrogen-bond acceptors (Lipinski definition) is 3. The van der Waals surface area contributed by atoms with Crippen LogP contribution in [0.1, 0.15) is 51.4 Å². The average molecular weight is 280 g/mol. The Hall–Kier alpha value is -1.29. The first-order valence-corrected chi connectivity index (χ1v) is 7.69. The van der Waals surface area contributed by atoms with E-state index in [1.165, 1.54) is 6.07 Å². The maximum atomic E-state index is 11.8. The summed E-state index contributed by atoms with van der Waals surface area (Å²) in [6.07, 6.45) is 3.13. The lowest BCUT2D eigenvalue weighted by Gasteiger charge is -2.25. The molecule has 0 unspecified atom stereocenters. The molecule has 0 fully saturated rings. The summed E-state index contributed by atoms with van der Waals surface area (Å²) < 4.78 is 2.08. The van der Waals surface area contributed by atoms with E-state index in [0.717, 1.165) is 50.3 Å². The van der Waals surface area contributed by atoms with Gasteiger partial charge in [-0.25, -0.2) is 0 Å². The number of aromatic nitrogens is 1. The van der Waals surface area contributed by atoms with Gasteiger partial charge in [-0.2, -0.15) is 0 Å². The van der Waals surface area contributed by atoms with Gasteiger partial charge in [0.1, 0.15) is 0 Å². The van der Waals surface area contributed by atoms with Crippen molar-refractivity contribution in [2.75, 3.05) is 13.1 Å². The molecule has 114 valence electrons. The number of nitrogens with zero attached hydrogens (tertiary/aromatic N) is 2. The highest BCUT2D eigenvalue weighted by Gasteiger charge is 2.15. The molecule has 0 amide bonds. The van der Waals surface area contributed by atoms with Gasteiger partial charge in [0.15, 0.2) is 5.75 Å². The van der Waals surface area contributed by atoms with Crippen LogP contribution >= 0.6 is 0 Å². The first kappa shape index (κ1) is 16.8. The van der Waals surface area contributed by atoms with Gasteiger partial charge in [0, 0.05) is 24.8 Å². The van der Waals surface area contributed by atoms with E-state index in [1.54, 1.807) is 0 Å². The average Bonchev–Trinajstić information content (AvgIpc) is 2.40. The number of hydrogen-bond donors (Lipinski definition) is 1. The maximum absolute atomic E-state index is 11.8. The lowest BCUT2D eigenvalue weighted by atomic mass is 10.2. The van der Waals surface area contributed by atoms with Crippen LogP contribution in [0.15, 0.2) is 10.9 Å². The summed E-state index contributed by atoms with van der Waals surface area (Å²) in [5.74, 6) is -0.0822. The molecule has 0 atom stereocenters. The van der Waals surface area contributed by atoms with E-state index in [4.69, 9.17) is 0 Å². The largest absolute Gasteiger partial charge is 0.503 e. The van der Waals surface area contributed by atoms with Gasteiger partial charge in [-0.3, -0.25) is 9.69 Å². The van der Waals surface area contributed by atoms with Crippen LogP contribution in [0.3, 0.4) is 0 Å². The summed E-state index contributed by atoms with van der Waals surface area (Å²) >= 11 is 0. The minimum Gasteiger partial charge on any atom is -0.503 e. The van der Waals surface area contributed by atoms with Crippen LogP contribution in [0, 0.1) is 6.92 Å². The van der Waals surface area contributed by atoms with Crippen molar-refractivity contribution in [2.45, 2.75) is 60.0 Å². The van der Waals surface area contributed by atoms with Crippen molar-refractivity contribution in [3.8, 4) is 5.75 Å². The smallest absolute Gasteiger partial charge is 0.223 e. The van der Waals surface area contributed by atoms with Gasteiger partial charge in [-0.05, 0) is 39.3 Å². The fourth-order valence-electron chi connectivity index (χ4n) is 2.63. The van der Waals surface area contributed by atoms with Crippen molar-refractivity contribution in [3.63, 3.8) is 0 Å². The summed E-state index contributed by atoms with van der Waals surface area (Å²) in [5.41, 5.74) is 1.43. The van der Waals surface area contributed by atoms with E-state index in [-0.39, 0.29) is 11.2 Å². The van der Waals surface area contributed by atoms with Gasteiger partial charge in [0.25, 0.3) is 0 Å². The van der Waals surface area contributed by atoms with E-state index in [0.29, 0.717) is 6.54 Å². The highest BCUT2D eigenvalue weighted by Crippen LogP contribution is 2.18. The number of pyridine rings is 1. The number of aromatic hydroxyl groups is 1. The van der Waals surface area contributed by atoms with Crippen LogP contribution in [0.5, 0.6) is 5.75 Å². The zero-order valence-electron chi connectivity index (χ0n) is 13.3. The van der Waals surface area contributed by atoms with Crippen LogP contribution in [0.4, 0.5) is 0 Å². The molecule has 0 aromatic carbocycles. The summed E-state index contributed by atoms with van der Waals surface area (Å²) in [4.78, 5) is 14.1. The Morgan fingerprint density at radius 1 is 1.15 bits per heavy atom. The Bertz CT molecular complexity index is 474. The highest BCUT2D eigenvalue weighted by atomic mass is 16.3. The van der Waals surface area contributed by atoms with Crippen LogP contribution in [0.2, 0.25) is 0 Å². The van der Waals surface area contributed by atoms with Gasteiger partial charge in [-0.15, -0.1) is 0 Å². The first-order valence-electron chi connectivity index (χ1n) is 7.69. The van der Waals surface area contributed by atoms with Gasteiger partial charge in [0.05, 0.1) is 5.69 Å². The minimum absolute atomic E-state index is 0.0822. The van der Waals surface area contributed by atoms with Crippen LogP contribution in [-0.4, -0.2) is 27.7 Å². The topological polar surface area (TPSA) is 45.5 Å². The zero-order valence-corrected chi connectivity index (χ0v) is 13.3. The van der Waals surface area contributed by atoms with E-state index in [9.17, 15) is 9.90 Å². The molecular formula is C16H28N2O2. The SMILES string of the molecule is CCCN(CCC)Cc1c(O)c(=O)cc(C)n1CCC. The Morgan fingerprint density at radius 3 is 2.25 bits per heavy atom. The third-order valence-corrected chi connectivity index (χ3v) is 3.50. The van der Waals surface area contributed by atoms with E-state index in [1.807, 2.05) is 6.92 Å². The van der Waals surface area contributed by atoms with Crippen molar-refractivity contribution in [3.05, 3.63) is 27.7 Å². The van der Waals surface area contributed by atoms with Crippen molar-refractivity contribution in [1.82, 2.24) is 9.47 Å². The summed E-state index contributed by atoms with van der Waals surface area (Å²) in [5, 5.41) is 10.2. The zero-order chi connectivity index (χ0) is 15.1. The molecule has 0 saturated heterocycles. The Labute approximate surface area is 122 Å². The van der Waals surface area contributed by atoms with Gasteiger partial charge >= 0.3 is 0 Å². The molecular weight excluding hydrogens is 252 g/mol. The molecule has 1 aromatic rings. The summed E-state index contributed by atoms with van der Waals surface area (Å²) in [6, 6.07) is 1.53. The molecule has 0 aliphatic heterocycles. The number of rotatable bonds is 8. The summed E-state index contributed by atoms with van der Waals surface area (Å²) in [6.45, 7) is 11.8.